The van der Waals surface area contributed by atoms with Gasteiger partial charge in [-0.3, -0.25) is 0 Å². The van der Waals surface area contributed by atoms with Gasteiger partial charge in [-0.15, -0.1) is 0 Å². The van der Waals surface area contributed by atoms with Gasteiger partial charge in [0.25, 0.3) is 0 Å². The maximum absolute atomic E-state index is 5.39. The molecule has 2 aliphatic carbocycles. The summed E-state index contributed by atoms with van der Waals surface area (Å²) in [5.41, 5.74) is 15.8. The molecule has 0 aliphatic heterocycles. The summed E-state index contributed by atoms with van der Waals surface area (Å²) in [6.07, 6.45) is 8.52. The minimum atomic E-state index is 0.573. The van der Waals surface area contributed by atoms with Crippen molar-refractivity contribution < 1.29 is 9.05 Å². The van der Waals surface area contributed by atoms with E-state index in [4.69, 9.17) is 19.0 Å². The summed E-state index contributed by atoms with van der Waals surface area (Å²) in [5.74, 6) is 5.12. The topological polar surface area (TPSA) is 156 Å². The fourth-order valence-electron chi connectivity index (χ4n) is 6.74. The van der Waals surface area contributed by atoms with E-state index in [-0.39, 0.29) is 0 Å². The molecule has 0 radical (unpaired) electrons. The number of aromatic amines is 3. The third-order valence-corrected chi connectivity index (χ3v) is 11.1. The highest BCUT2D eigenvalue weighted by atomic mass is 127. The van der Waals surface area contributed by atoms with Crippen molar-refractivity contribution in [1.29, 1.82) is 0 Å². The molecule has 0 saturated heterocycles. The quantitative estimate of drug-likeness (QED) is 0.145. The molecule has 8 aromatic rings. The van der Waals surface area contributed by atoms with Crippen LogP contribution in [0.25, 0.3) is 50.0 Å². The van der Waals surface area contributed by atoms with Gasteiger partial charge in [-0.05, 0) is 139 Å². The van der Waals surface area contributed by atoms with Gasteiger partial charge in [0.05, 0.1) is 52.2 Å². The first kappa shape index (κ1) is 35.0. The lowest BCUT2D eigenvalue weighted by molar-refractivity contribution is 0.393. The molecular formula is C40H43IN10O2. The van der Waals surface area contributed by atoms with Gasteiger partial charge in [0.2, 0.25) is 0 Å². The van der Waals surface area contributed by atoms with Crippen molar-refractivity contribution in [3.05, 3.63) is 97.8 Å². The van der Waals surface area contributed by atoms with Gasteiger partial charge in [0.1, 0.15) is 34.2 Å². The lowest BCUT2D eigenvalue weighted by atomic mass is 10.0. The zero-order chi connectivity index (χ0) is 37.1. The van der Waals surface area contributed by atoms with Crippen LogP contribution in [0.4, 0.5) is 0 Å². The van der Waals surface area contributed by atoms with Crippen molar-refractivity contribution in [1.82, 2.24) is 49.8 Å². The Bertz CT molecular complexity index is 2550. The summed E-state index contributed by atoms with van der Waals surface area (Å²) in [6, 6.07) is 8.64. The van der Waals surface area contributed by atoms with Crippen LogP contribution < -0.4 is 0 Å². The Kier molecular flexibility index (Phi) is 9.07. The van der Waals surface area contributed by atoms with Crippen LogP contribution in [0.1, 0.15) is 94.9 Å². The largest absolute Gasteiger partial charge is 0.361 e. The van der Waals surface area contributed by atoms with Gasteiger partial charge in [0.15, 0.2) is 0 Å². The molecule has 3 N–H and O–H groups in total. The molecule has 2 saturated carbocycles. The molecule has 6 aromatic heterocycles. The van der Waals surface area contributed by atoms with E-state index in [0.717, 1.165) is 107 Å². The second-order valence-corrected chi connectivity index (χ2v) is 15.5. The summed E-state index contributed by atoms with van der Waals surface area (Å²) in [4.78, 5) is 28.1. The lowest BCUT2D eigenvalue weighted by Crippen LogP contribution is -1.98. The van der Waals surface area contributed by atoms with E-state index >= 15 is 0 Å². The van der Waals surface area contributed by atoms with Gasteiger partial charge in [0, 0.05) is 37.9 Å². The Morgan fingerprint density at radius 1 is 0.660 bits per heavy atom. The minimum absolute atomic E-state index is 0.573. The van der Waals surface area contributed by atoms with Gasteiger partial charge in [-0.25, -0.2) is 19.9 Å². The summed E-state index contributed by atoms with van der Waals surface area (Å²) in [6.45, 7) is 16.0. The van der Waals surface area contributed by atoms with Crippen molar-refractivity contribution in [2.24, 2.45) is 0 Å². The fraction of sp³-hybridized carbons (Fsp3) is 0.350. The molecule has 272 valence electrons. The van der Waals surface area contributed by atoms with Crippen molar-refractivity contribution in [2.75, 3.05) is 0 Å². The molecule has 0 spiro atoms. The highest BCUT2D eigenvalue weighted by Crippen LogP contribution is 2.42. The number of H-pyrrole nitrogens is 3. The van der Waals surface area contributed by atoms with E-state index < -0.39 is 0 Å². The number of hydrogen-bond acceptors (Lipinski definition) is 8. The van der Waals surface area contributed by atoms with E-state index in [1.807, 2.05) is 54.8 Å². The van der Waals surface area contributed by atoms with Crippen LogP contribution in [0.3, 0.4) is 0 Å². The van der Waals surface area contributed by atoms with E-state index in [9.17, 15) is 0 Å². The van der Waals surface area contributed by atoms with E-state index in [2.05, 4.69) is 93.6 Å². The molecule has 53 heavy (non-hydrogen) atoms. The number of imidazole rings is 4. The maximum Gasteiger partial charge on any atom is 0.141 e. The monoisotopic (exact) mass is 822 g/mol. The normalized spacial score (nSPS) is 14.1. The van der Waals surface area contributed by atoms with Crippen LogP contribution in [0.5, 0.6) is 0 Å². The summed E-state index contributed by atoms with van der Waals surface area (Å²) in [5, 5.41) is 8.16. The first-order chi connectivity index (χ1) is 25.5. The van der Waals surface area contributed by atoms with Crippen LogP contribution >= 0.6 is 22.6 Å². The highest BCUT2D eigenvalue weighted by molar-refractivity contribution is 14.1. The van der Waals surface area contributed by atoms with Crippen molar-refractivity contribution in [3.8, 4) is 27.9 Å². The Morgan fingerprint density at radius 3 is 1.64 bits per heavy atom. The van der Waals surface area contributed by atoms with Crippen molar-refractivity contribution in [3.63, 3.8) is 0 Å². The first-order valence-electron chi connectivity index (χ1n) is 18.0. The predicted molar refractivity (Wildman–Crippen MR) is 213 cm³/mol. The molecule has 2 fully saturated rings. The number of aromatic nitrogens is 10. The highest BCUT2D eigenvalue weighted by Gasteiger charge is 2.29. The Balaban J connectivity index is 0.000000131. The molecule has 10 rings (SSSR count). The van der Waals surface area contributed by atoms with E-state index in [1.54, 1.807) is 6.33 Å². The number of hydrogen-bond donors (Lipinski definition) is 3. The lowest BCUT2D eigenvalue weighted by Gasteiger charge is -2.10. The first-order valence-corrected chi connectivity index (χ1v) is 19.1. The Morgan fingerprint density at radius 2 is 1.21 bits per heavy atom. The molecule has 2 aromatic carbocycles. The number of halogens is 1. The summed E-state index contributed by atoms with van der Waals surface area (Å²) < 4.78 is 14.0. The molecule has 0 atom stereocenters. The van der Waals surface area contributed by atoms with Crippen LogP contribution in [0, 0.1) is 59.0 Å². The van der Waals surface area contributed by atoms with Gasteiger partial charge < -0.3 is 28.6 Å². The molecule has 2 aliphatic rings. The third-order valence-electron chi connectivity index (χ3n) is 10.3. The van der Waals surface area contributed by atoms with Crippen LogP contribution in [-0.2, 0) is 0 Å². The molecule has 0 amide bonds. The fourth-order valence-corrected chi connectivity index (χ4v) is 7.49. The van der Waals surface area contributed by atoms with Crippen LogP contribution in [0.15, 0.2) is 46.0 Å². The zero-order valence-corrected chi connectivity index (χ0v) is 33.4. The van der Waals surface area contributed by atoms with Gasteiger partial charge in [-0.2, -0.15) is 0 Å². The number of aryl methyl sites for hydroxylation is 7. The molecule has 6 heterocycles. The summed E-state index contributed by atoms with van der Waals surface area (Å²) in [7, 11) is 0. The molecule has 0 bridgehead atoms. The Labute approximate surface area is 320 Å². The average Bonchev–Trinajstić information content (AvgIpc) is 3.90. The minimum Gasteiger partial charge on any atom is -0.361 e. The molecule has 12 nitrogen and oxygen atoms in total. The van der Waals surface area contributed by atoms with Gasteiger partial charge in [-0.1, -0.05) is 10.3 Å². The second-order valence-electron chi connectivity index (χ2n) is 14.3. The Hall–Kier alpha value is -5.05. The number of nitrogens with one attached hydrogen (secondary N) is 3. The summed E-state index contributed by atoms with van der Waals surface area (Å²) >= 11 is 2.36. The number of fused-ring (bicyclic) bond motifs is 2. The number of benzene rings is 2. The van der Waals surface area contributed by atoms with Crippen LogP contribution in [0.2, 0.25) is 0 Å². The number of nitrogens with zero attached hydrogens (tertiary/aromatic N) is 7. The number of rotatable bonds is 5. The predicted octanol–water partition coefficient (Wildman–Crippen LogP) is 9.86. The molecule has 13 heteroatoms. The smallest absolute Gasteiger partial charge is 0.141 e. The molecular weight excluding hydrogens is 779 g/mol. The standard InChI is InChI=1S/C20H21N5O.C15H14IN3O.C5H8N2/c1-10-12(3)25(9-21-10)17-8-15(18-11(2)24-26-13(18)4)7-16-19(17)23-20(22-16)14-5-6-14;1-7-13(8(2)20-19-7)10-5-11(16)14-12(6-10)17-15(18-14)9-3-4-9;1-4-5(2)7-3-6-4/h7-9,14H,5-6H2,1-4H3,(H,22,23);5-6,9H,3-4H2,1-2H3,(H,17,18);3H,1-2H3,(H,6,7). The van der Waals surface area contributed by atoms with Crippen LogP contribution in [-0.4, -0.2) is 49.8 Å². The maximum atomic E-state index is 5.39. The second kappa shape index (κ2) is 13.7. The molecule has 0 unspecified atom stereocenters. The zero-order valence-electron chi connectivity index (χ0n) is 31.3. The third kappa shape index (κ3) is 6.82. The van der Waals surface area contributed by atoms with E-state index in [1.165, 1.54) is 29.3 Å². The van der Waals surface area contributed by atoms with Crippen molar-refractivity contribution in [2.45, 2.75) is 92.9 Å². The van der Waals surface area contributed by atoms with E-state index in [0.29, 0.717) is 11.8 Å². The average molecular weight is 823 g/mol. The van der Waals surface area contributed by atoms with Gasteiger partial charge >= 0.3 is 0 Å². The SMILES string of the molecule is Cc1nc[nH]c1C.Cc1noc(C)c1-c1cc(-n2cnc(C)c2C)c2nc(C3CC3)[nH]c2c1.Cc1noc(C)c1-c1cc(I)c2nc(C3CC3)[nH]c2c1. The van der Waals surface area contributed by atoms with Crippen molar-refractivity contribution >= 4 is 44.7 Å².